The van der Waals surface area contributed by atoms with Gasteiger partial charge in [-0.15, -0.1) is 0 Å². The molecule has 11 heteroatoms. The van der Waals surface area contributed by atoms with Crippen LogP contribution in [0.25, 0.3) is 22.1 Å². The van der Waals surface area contributed by atoms with Crippen LogP contribution in [0.2, 0.25) is 0 Å². The fourth-order valence-corrected chi connectivity index (χ4v) is 5.27. The van der Waals surface area contributed by atoms with E-state index >= 15 is 0 Å². The van der Waals surface area contributed by atoms with Gasteiger partial charge in [0.1, 0.15) is 6.10 Å². The van der Waals surface area contributed by atoms with Gasteiger partial charge in [0.05, 0.1) is 18.0 Å². The summed E-state index contributed by atoms with van der Waals surface area (Å²) in [5, 5.41) is 11.1. The van der Waals surface area contributed by atoms with Crippen LogP contribution >= 0.6 is 0 Å². The second-order valence-electron chi connectivity index (χ2n) is 10.2. The number of para-hydroxylation sites is 1. The number of hydrogen-bond donors (Lipinski definition) is 3. The predicted octanol–water partition coefficient (Wildman–Crippen LogP) is 2.75. The van der Waals surface area contributed by atoms with E-state index in [2.05, 4.69) is 32.6 Å². The molecule has 4 heterocycles. The summed E-state index contributed by atoms with van der Waals surface area (Å²) < 4.78 is 8.38. The zero-order valence-electron chi connectivity index (χ0n) is 23.4. The summed E-state index contributed by atoms with van der Waals surface area (Å²) in [6.07, 6.45) is 2.68. The zero-order chi connectivity index (χ0) is 29.9. The molecule has 0 bridgehead atoms. The summed E-state index contributed by atoms with van der Waals surface area (Å²) in [5.74, 6) is 5.41. The maximum Gasteiger partial charge on any atom is 0.274 e. The molecule has 5 aromatic rings. The van der Waals surface area contributed by atoms with Gasteiger partial charge in [-0.2, -0.15) is 5.10 Å². The zero-order valence-corrected chi connectivity index (χ0v) is 23.4. The quantitative estimate of drug-likeness (QED) is 0.264. The predicted molar refractivity (Wildman–Crippen MR) is 162 cm³/mol. The summed E-state index contributed by atoms with van der Waals surface area (Å²) in [5.41, 5.74) is 8.07. The number of hydrogen-bond acceptors (Lipinski definition) is 7. The fourth-order valence-electron chi connectivity index (χ4n) is 5.27. The minimum absolute atomic E-state index is 0.0533. The Kier molecular flexibility index (Phi) is 7.59. The number of carbonyl (C=O) groups excluding carboxylic acids is 2. The van der Waals surface area contributed by atoms with Crippen LogP contribution in [0.4, 0.5) is 5.82 Å². The lowest BCUT2D eigenvalue weighted by Gasteiger charge is -2.21. The molecule has 2 unspecified atom stereocenters. The van der Waals surface area contributed by atoms with Crippen LogP contribution in [-0.4, -0.2) is 50.2 Å². The van der Waals surface area contributed by atoms with Crippen molar-refractivity contribution in [3.8, 4) is 17.5 Å². The van der Waals surface area contributed by atoms with Crippen molar-refractivity contribution in [2.75, 3.05) is 18.9 Å². The number of nitrogens with two attached hydrogens (primary N) is 1. The molecule has 2 aromatic carbocycles. The molecule has 4 N–H and O–H groups in total. The Hall–Kier alpha value is -5.47. The number of carbonyl (C=O) groups is 2. The van der Waals surface area contributed by atoms with Crippen LogP contribution in [-0.2, 0) is 9.53 Å². The lowest BCUT2D eigenvalue weighted by atomic mass is 10.0. The highest BCUT2D eigenvalue weighted by Crippen LogP contribution is 2.24. The molecule has 0 saturated carbocycles. The van der Waals surface area contributed by atoms with Crippen molar-refractivity contribution >= 4 is 34.1 Å². The molecule has 1 aliphatic rings. The SMILES string of the molecule is CC(NC(=O)c1c(N)nc2cccnn12)c1cc2cccc(C#CCNC(=O)C3CCCO3)c2c(=O)n1-c1ccccc1. The molecule has 0 radical (unpaired) electrons. The van der Waals surface area contributed by atoms with Crippen LogP contribution < -0.4 is 21.9 Å². The second-order valence-corrected chi connectivity index (χ2v) is 10.2. The molecule has 0 aliphatic carbocycles. The third-order valence-corrected chi connectivity index (χ3v) is 7.31. The lowest BCUT2D eigenvalue weighted by Crippen LogP contribution is -2.34. The number of ether oxygens (including phenoxy) is 1. The Morgan fingerprint density at radius 2 is 1.98 bits per heavy atom. The molecule has 1 aliphatic heterocycles. The van der Waals surface area contributed by atoms with Gasteiger partial charge in [-0.25, -0.2) is 9.50 Å². The highest BCUT2D eigenvalue weighted by Gasteiger charge is 2.24. The number of nitrogens with one attached hydrogen (secondary N) is 2. The van der Waals surface area contributed by atoms with E-state index in [0.29, 0.717) is 46.4 Å². The fraction of sp³-hybridized carbons (Fsp3) is 0.219. The van der Waals surface area contributed by atoms with Gasteiger partial charge in [0, 0.05) is 29.7 Å². The van der Waals surface area contributed by atoms with Crippen LogP contribution in [0.3, 0.4) is 0 Å². The van der Waals surface area contributed by atoms with Crippen LogP contribution in [0.1, 0.15) is 47.6 Å². The Bertz CT molecular complexity index is 1960. The van der Waals surface area contributed by atoms with Crippen molar-refractivity contribution in [3.05, 3.63) is 100 Å². The molecule has 2 amide bonds. The van der Waals surface area contributed by atoms with E-state index in [1.165, 1.54) is 4.52 Å². The second kappa shape index (κ2) is 11.8. The highest BCUT2D eigenvalue weighted by atomic mass is 16.5. The maximum absolute atomic E-state index is 14.2. The van der Waals surface area contributed by atoms with E-state index in [9.17, 15) is 14.4 Å². The highest BCUT2D eigenvalue weighted by molar-refractivity contribution is 5.98. The number of imidazole rings is 1. The Morgan fingerprint density at radius 3 is 2.77 bits per heavy atom. The van der Waals surface area contributed by atoms with E-state index in [0.717, 1.165) is 6.42 Å². The van der Waals surface area contributed by atoms with E-state index in [1.54, 1.807) is 35.9 Å². The number of aromatic nitrogens is 4. The number of nitrogens with zero attached hydrogens (tertiary/aromatic N) is 4. The largest absolute Gasteiger partial charge is 0.382 e. The van der Waals surface area contributed by atoms with Crippen molar-refractivity contribution in [2.45, 2.75) is 31.9 Å². The minimum atomic E-state index is -0.610. The van der Waals surface area contributed by atoms with Gasteiger partial charge < -0.3 is 21.1 Å². The third-order valence-electron chi connectivity index (χ3n) is 7.31. The van der Waals surface area contributed by atoms with Gasteiger partial charge in [-0.05, 0) is 61.5 Å². The number of rotatable bonds is 6. The van der Waals surface area contributed by atoms with E-state index < -0.39 is 18.1 Å². The number of fused-ring (bicyclic) bond motifs is 2. The molecule has 3 aromatic heterocycles. The number of benzene rings is 2. The Labute approximate surface area is 246 Å². The maximum atomic E-state index is 14.2. The number of nitrogen functional groups attached to an aromatic ring is 1. The van der Waals surface area contributed by atoms with Gasteiger partial charge in [0.2, 0.25) is 5.91 Å². The average Bonchev–Trinajstić information content (AvgIpc) is 3.67. The van der Waals surface area contributed by atoms with Gasteiger partial charge in [-0.1, -0.05) is 42.2 Å². The standard InChI is InChI=1S/C32H29N7O4/c1-20(36-31(41)28-29(33)37-26-15-7-17-35-39(26)28)24-19-22-10-5-9-21(11-6-16-34-30(40)25-14-8-18-43-25)27(22)32(42)38(24)23-12-3-2-4-13-23/h2-5,7,9-10,12-13,15,17,19-20,25H,8,14,16,18,33H2,1H3,(H,34,40)(H,36,41). The van der Waals surface area contributed by atoms with E-state index in [-0.39, 0.29) is 29.5 Å². The number of anilines is 1. The summed E-state index contributed by atoms with van der Waals surface area (Å²) in [4.78, 5) is 44.1. The van der Waals surface area contributed by atoms with Gasteiger partial charge in [0.15, 0.2) is 17.2 Å². The van der Waals surface area contributed by atoms with E-state index in [4.69, 9.17) is 10.5 Å². The first-order chi connectivity index (χ1) is 20.9. The number of amides is 2. The van der Waals surface area contributed by atoms with Gasteiger partial charge in [0.25, 0.3) is 11.5 Å². The average molecular weight is 576 g/mol. The van der Waals surface area contributed by atoms with Crippen molar-refractivity contribution < 1.29 is 14.3 Å². The Morgan fingerprint density at radius 1 is 1.14 bits per heavy atom. The first-order valence-electron chi connectivity index (χ1n) is 13.9. The minimum Gasteiger partial charge on any atom is -0.382 e. The molecule has 11 nitrogen and oxygen atoms in total. The molecule has 6 rings (SSSR count). The van der Waals surface area contributed by atoms with Crippen molar-refractivity contribution in [1.82, 2.24) is 29.8 Å². The van der Waals surface area contributed by atoms with Gasteiger partial charge in [-0.3, -0.25) is 19.0 Å². The number of pyridine rings is 1. The first-order valence-corrected chi connectivity index (χ1v) is 13.9. The first kappa shape index (κ1) is 27.7. The monoisotopic (exact) mass is 575 g/mol. The van der Waals surface area contributed by atoms with Crippen LogP contribution in [0, 0.1) is 11.8 Å². The molecular weight excluding hydrogens is 546 g/mol. The normalized spacial score (nSPS) is 15.1. The molecule has 216 valence electrons. The van der Waals surface area contributed by atoms with Gasteiger partial charge >= 0.3 is 0 Å². The summed E-state index contributed by atoms with van der Waals surface area (Å²) in [7, 11) is 0. The molecule has 1 saturated heterocycles. The molecular formula is C32H29N7O4. The summed E-state index contributed by atoms with van der Waals surface area (Å²) in [6.45, 7) is 2.51. The summed E-state index contributed by atoms with van der Waals surface area (Å²) in [6, 6.07) is 19.3. The summed E-state index contributed by atoms with van der Waals surface area (Å²) >= 11 is 0. The molecule has 2 atom stereocenters. The topological polar surface area (TPSA) is 146 Å². The molecule has 43 heavy (non-hydrogen) atoms. The van der Waals surface area contributed by atoms with Crippen molar-refractivity contribution in [3.63, 3.8) is 0 Å². The van der Waals surface area contributed by atoms with Crippen molar-refractivity contribution in [2.24, 2.45) is 0 Å². The molecule has 0 spiro atoms. The lowest BCUT2D eigenvalue weighted by molar-refractivity contribution is -0.129. The van der Waals surface area contributed by atoms with E-state index in [1.807, 2.05) is 48.5 Å². The third kappa shape index (κ3) is 5.43. The smallest absolute Gasteiger partial charge is 0.274 e. The van der Waals surface area contributed by atoms with Crippen LogP contribution in [0.15, 0.2) is 77.7 Å². The molecule has 1 fully saturated rings. The Balaban J connectivity index is 1.36. The van der Waals surface area contributed by atoms with Crippen molar-refractivity contribution in [1.29, 1.82) is 0 Å². The van der Waals surface area contributed by atoms with Crippen LogP contribution in [0.5, 0.6) is 0 Å².